The minimum Gasteiger partial charge on any atom is -0.480 e. The van der Waals surface area contributed by atoms with Crippen LogP contribution in [0.4, 0.5) is 0 Å². The number of carbonyl (C=O) groups is 3. The fraction of sp³-hybridized carbons (Fsp3) is 0.914. The SMILES string of the molecule is CC(C)(C)OC(N[C@H](C(=O)N[C@H](C(=O)N1C[C@@]2(C[C@H]1C(=O)O)CC1(CCC1)C2(C)C)C(C)(C)C)C1CCCCC1)C1CC1. The molecule has 3 N–H and O–H groups in total. The van der Waals surface area contributed by atoms with Gasteiger partial charge in [0.15, 0.2) is 0 Å². The average Bonchev–Trinajstić information content (AvgIpc) is 3.64. The van der Waals surface area contributed by atoms with Crippen molar-refractivity contribution in [3.63, 3.8) is 0 Å². The molecule has 0 bridgehead atoms. The molecule has 4 aliphatic carbocycles. The summed E-state index contributed by atoms with van der Waals surface area (Å²) in [6.07, 6.45) is 12.4. The van der Waals surface area contributed by atoms with Gasteiger partial charge in [-0.05, 0) is 106 Å². The van der Waals surface area contributed by atoms with Crippen molar-refractivity contribution in [3.05, 3.63) is 0 Å². The van der Waals surface area contributed by atoms with E-state index in [2.05, 4.69) is 24.5 Å². The van der Waals surface area contributed by atoms with E-state index in [1.165, 1.54) is 25.7 Å². The Morgan fingerprint density at radius 3 is 1.98 bits per heavy atom. The van der Waals surface area contributed by atoms with Gasteiger partial charge >= 0.3 is 5.97 Å². The molecule has 0 radical (unpaired) electrons. The van der Waals surface area contributed by atoms with Crippen molar-refractivity contribution in [3.8, 4) is 0 Å². The van der Waals surface area contributed by atoms with Crippen molar-refractivity contribution in [2.45, 2.75) is 162 Å². The maximum Gasteiger partial charge on any atom is 0.326 e. The van der Waals surface area contributed by atoms with E-state index in [0.717, 1.165) is 44.9 Å². The standard InChI is InChI=1S/C35H59N3O5/c1-31(2,3)26(29(40)38-21-35(19-24(38)30(41)42)20-34(17-12-18-34)33(35,7)8)37-27(39)25(22-13-10-9-11-14-22)36-28(23-15-16-23)43-32(4,5)6/h22-26,28,36H,9-21H2,1-8H3,(H,37,39)(H,41,42)/t24-,25-,26+,28?,35+/m0/s1. The lowest BCUT2D eigenvalue weighted by atomic mass is 9.32. The second-order valence-electron chi connectivity index (χ2n) is 17.6. The fourth-order valence-corrected chi connectivity index (χ4v) is 9.13. The van der Waals surface area contributed by atoms with E-state index >= 15 is 0 Å². The molecule has 5 fully saturated rings. The molecule has 4 saturated carbocycles. The van der Waals surface area contributed by atoms with Gasteiger partial charge in [-0.1, -0.05) is 60.3 Å². The van der Waals surface area contributed by atoms with Crippen LogP contribution in [0.1, 0.15) is 132 Å². The Morgan fingerprint density at radius 2 is 1.51 bits per heavy atom. The molecule has 1 aliphatic heterocycles. The van der Waals surface area contributed by atoms with Gasteiger partial charge < -0.3 is 20.1 Å². The third-order valence-corrected chi connectivity index (χ3v) is 12.3. The second kappa shape index (κ2) is 11.3. The Kier molecular flexibility index (Phi) is 8.59. The maximum atomic E-state index is 14.5. The highest BCUT2D eigenvalue weighted by atomic mass is 16.5. The maximum absolute atomic E-state index is 14.5. The van der Waals surface area contributed by atoms with E-state index in [9.17, 15) is 19.5 Å². The zero-order valence-corrected chi connectivity index (χ0v) is 28.2. The summed E-state index contributed by atoms with van der Waals surface area (Å²) in [4.78, 5) is 43.0. The Morgan fingerprint density at radius 1 is 0.884 bits per heavy atom. The van der Waals surface area contributed by atoms with Crippen molar-refractivity contribution < 1.29 is 24.2 Å². The third-order valence-electron chi connectivity index (χ3n) is 12.3. The summed E-state index contributed by atoms with van der Waals surface area (Å²) in [5.74, 6) is -0.808. The number of aliphatic carboxylic acids is 1. The van der Waals surface area contributed by atoms with Gasteiger partial charge in [0.05, 0.1) is 11.6 Å². The molecular formula is C35H59N3O5. The largest absolute Gasteiger partial charge is 0.480 e. The molecule has 0 aromatic carbocycles. The van der Waals surface area contributed by atoms with E-state index in [0.29, 0.717) is 24.3 Å². The van der Waals surface area contributed by atoms with E-state index in [-0.39, 0.29) is 40.4 Å². The highest BCUT2D eigenvalue weighted by Crippen LogP contribution is 2.77. The van der Waals surface area contributed by atoms with Gasteiger partial charge in [0.1, 0.15) is 18.3 Å². The van der Waals surface area contributed by atoms with Crippen LogP contribution in [0.2, 0.25) is 0 Å². The number of carboxylic acid groups (broad SMARTS) is 1. The normalized spacial score (nSPS) is 30.8. The molecule has 5 aliphatic rings. The van der Waals surface area contributed by atoms with E-state index in [4.69, 9.17) is 4.74 Å². The first kappa shape index (κ1) is 32.7. The van der Waals surface area contributed by atoms with Gasteiger partial charge in [-0.2, -0.15) is 0 Å². The molecule has 5 rings (SSSR count). The van der Waals surface area contributed by atoms with Crippen molar-refractivity contribution >= 4 is 17.8 Å². The van der Waals surface area contributed by atoms with Crippen molar-refractivity contribution in [2.24, 2.45) is 33.5 Å². The van der Waals surface area contributed by atoms with Crippen molar-refractivity contribution in [1.82, 2.24) is 15.5 Å². The summed E-state index contributed by atoms with van der Waals surface area (Å²) in [5.41, 5.74) is -0.846. The van der Waals surface area contributed by atoms with Crippen LogP contribution in [0.3, 0.4) is 0 Å². The predicted octanol–water partition coefficient (Wildman–Crippen LogP) is 5.88. The first-order valence-electron chi connectivity index (χ1n) is 17.2. The zero-order chi connectivity index (χ0) is 31.6. The first-order valence-corrected chi connectivity index (χ1v) is 17.2. The van der Waals surface area contributed by atoms with Crippen LogP contribution in [0.5, 0.6) is 0 Å². The van der Waals surface area contributed by atoms with Gasteiger partial charge in [0, 0.05) is 6.54 Å². The molecule has 8 heteroatoms. The van der Waals surface area contributed by atoms with E-state index < -0.39 is 29.5 Å². The number of nitrogens with one attached hydrogen (secondary N) is 2. The van der Waals surface area contributed by atoms with Crippen LogP contribution in [-0.4, -0.2) is 64.3 Å². The minimum atomic E-state index is -0.942. The number of likely N-dealkylation sites (tertiary alicyclic amines) is 1. The Bertz CT molecular complexity index is 1080. The highest BCUT2D eigenvalue weighted by molar-refractivity contribution is 5.93. The molecule has 1 unspecified atom stereocenters. The van der Waals surface area contributed by atoms with Crippen LogP contribution in [0, 0.1) is 33.5 Å². The summed E-state index contributed by atoms with van der Waals surface area (Å²) in [6, 6.07) is -2.15. The Hall–Kier alpha value is -1.67. The molecule has 5 atom stereocenters. The summed E-state index contributed by atoms with van der Waals surface area (Å²) in [5, 5.41) is 17.2. The van der Waals surface area contributed by atoms with Gasteiger partial charge in [0.25, 0.3) is 0 Å². The number of amides is 2. The number of rotatable bonds is 9. The summed E-state index contributed by atoms with van der Waals surface area (Å²) in [7, 11) is 0. The molecule has 0 aromatic rings. The molecule has 8 nitrogen and oxygen atoms in total. The third kappa shape index (κ3) is 6.13. The van der Waals surface area contributed by atoms with E-state index in [1.54, 1.807) is 4.90 Å². The van der Waals surface area contributed by atoms with Gasteiger partial charge in [-0.25, -0.2) is 4.79 Å². The Balaban J connectivity index is 1.37. The highest BCUT2D eigenvalue weighted by Gasteiger charge is 2.73. The average molecular weight is 602 g/mol. The van der Waals surface area contributed by atoms with Crippen LogP contribution >= 0.6 is 0 Å². The summed E-state index contributed by atoms with van der Waals surface area (Å²) in [6.45, 7) is 17.1. The molecule has 2 spiro atoms. The zero-order valence-electron chi connectivity index (χ0n) is 28.2. The Labute approximate surface area is 259 Å². The van der Waals surface area contributed by atoms with Crippen LogP contribution in [0.25, 0.3) is 0 Å². The smallest absolute Gasteiger partial charge is 0.326 e. The van der Waals surface area contributed by atoms with Crippen molar-refractivity contribution in [1.29, 1.82) is 0 Å². The lowest BCUT2D eigenvalue weighted by Gasteiger charge is -2.72. The molecule has 1 heterocycles. The molecule has 0 aromatic heterocycles. The first-order chi connectivity index (χ1) is 19.9. The van der Waals surface area contributed by atoms with Crippen LogP contribution in [-0.2, 0) is 19.1 Å². The van der Waals surface area contributed by atoms with Crippen LogP contribution in [0.15, 0.2) is 0 Å². The van der Waals surface area contributed by atoms with Crippen LogP contribution < -0.4 is 10.6 Å². The van der Waals surface area contributed by atoms with E-state index in [1.807, 2.05) is 41.5 Å². The van der Waals surface area contributed by atoms with Crippen molar-refractivity contribution in [2.75, 3.05) is 6.54 Å². The molecule has 2 amide bonds. The van der Waals surface area contributed by atoms with Gasteiger partial charge in [-0.15, -0.1) is 0 Å². The number of carboxylic acids is 1. The predicted molar refractivity (Wildman–Crippen MR) is 167 cm³/mol. The summed E-state index contributed by atoms with van der Waals surface area (Å²) >= 11 is 0. The molecule has 1 saturated heterocycles. The molecular weight excluding hydrogens is 542 g/mol. The summed E-state index contributed by atoms with van der Waals surface area (Å²) < 4.78 is 6.44. The minimum absolute atomic E-state index is 0.0116. The number of hydrogen-bond acceptors (Lipinski definition) is 5. The lowest BCUT2D eigenvalue weighted by Crippen LogP contribution is -2.67. The fourth-order valence-electron chi connectivity index (χ4n) is 9.13. The molecule has 244 valence electrons. The van der Waals surface area contributed by atoms with Gasteiger partial charge in [0.2, 0.25) is 11.8 Å². The monoisotopic (exact) mass is 601 g/mol. The lowest BCUT2D eigenvalue weighted by molar-refractivity contribution is -0.231. The quantitative estimate of drug-likeness (QED) is 0.285. The second-order valence-corrected chi connectivity index (χ2v) is 17.6. The number of nitrogens with zero attached hydrogens (tertiary/aromatic N) is 1. The topological polar surface area (TPSA) is 108 Å². The number of ether oxygens (including phenoxy) is 1. The number of carbonyl (C=O) groups excluding carboxylic acids is 2. The number of hydrogen-bond donors (Lipinski definition) is 3. The van der Waals surface area contributed by atoms with Gasteiger partial charge in [-0.3, -0.25) is 14.9 Å². The molecule has 43 heavy (non-hydrogen) atoms.